The Hall–Kier alpha value is -4.36. The number of primary amides is 1. The van der Waals surface area contributed by atoms with Crippen molar-refractivity contribution in [2.75, 3.05) is 41.4 Å². The highest BCUT2D eigenvalue weighted by Crippen LogP contribution is 2.34. The second-order valence-corrected chi connectivity index (χ2v) is 13.2. The van der Waals surface area contributed by atoms with Crippen LogP contribution in [0.4, 0.5) is 4.79 Å². The van der Waals surface area contributed by atoms with Crippen LogP contribution >= 0.6 is 0 Å². The molecule has 12 heteroatoms. The lowest BCUT2D eigenvalue weighted by molar-refractivity contribution is -0.120. The molecule has 0 unspecified atom stereocenters. The minimum atomic E-state index is -1.00. The Balaban J connectivity index is 2.23. The summed E-state index contributed by atoms with van der Waals surface area (Å²) in [4.78, 5) is 56.3. The molecule has 3 rings (SSSR count). The molecule has 2 amide bonds. The summed E-state index contributed by atoms with van der Waals surface area (Å²) in [5.74, 6) is -2.15. The SMILES string of the molecule is CO[C@H]1/C=C\C=C(/C)C(=O)NC2=C(c3ccccc3)C(=O)C(NCCN(C)C)=C(C[C@@H](C)C[C@H](OC)[C@H](O)[C@@H](C)/C=C(\C)[C@@H]1OC(N)=O)C2=O. The summed E-state index contributed by atoms with van der Waals surface area (Å²) in [6.45, 7) is 8.07. The van der Waals surface area contributed by atoms with Crippen molar-refractivity contribution < 1.29 is 38.5 Å². The number of nitrogens with one attached hydrogen (secondary N) is 2. The van der Waals surface area contributed by atoms with Gasteiger partial charge in [-0.2, -0.15) is 0 Å². The van der Waals surface area contributed by atoms with Crippen molar-refractivity contribution in [2.45, 2.75) is 65.0 Å². The molecule has 2 bridgehead atoms. The molecule has 1 aromatic carbocycles. The molecule has 0 saturated carbocycles. The molecule has 1 aliphatic carbocycles. The van der Waals surface area contributed by atoms with E-state index in [1.54, 1.807) is 62.4 Å². The highest BCUT2D eigenvalue weighted by molar-refractivity contribution is 6.39. The summed E-state index contributed by atoms with van der Waals surface area (Å²) in [5, 5.41) is 17.4. The summed E-state index contributed by atoms with van der Waals surface area (Å²) in [5.41, 5.74) is 7.14. The first kappa shape index (κ1) is 40.1. The van der Waals surface area contributed by atoms with Crippen LogP contribution in [0.3, 0.4) is 0 Å². The zero-order chi connectivity index (χ0) is 37.1. The van der Waals surface area contributed by atoms with Crippen LogP contribution in [0.15, 0.2) is 82.7 Å². The summed E-state index contributed by atoms with van der Waals surface area (Å²) < 4.78 is 16.8. The van der Waals surface area contributed by atoms with Gasteiger partial charge in [-0.15, -0.1) is 0 Å². The van der Waals surface area contributed by atoms with Gasteiger partial charge in [0.1, 0.15) is 11.8 Å². The number of nitrogens with two attached hydrogens (primary N) is 1. The lowest BCUT2D eigenvalue weighted by Crippen LogP contribution is -2.40. The van der Waals surface area contributed by atoms with E-state index in [0.717, 1.165) is 0 Å². The molecule has 0 aromatic heterocycles. The van der Waals surface area contributed by atoms with Crippen molar-refractivity contribution in [3.05, 3.63) is 88.3 Å². The molecule has 12 nitrogen and oxygen atoms in total. The fourth-order valence-electron chi connectivity index (χ4n) is 6.13. The van der Waals surface area contributed by atoms with Gasteiger partial charge in [0.2, 0.25) is 11.6 Å². The first-order valence-electron chi connectivity index (χ1n) is 16.7. The zero-order valence-corrected chi connectivity index (χ0v) is 30.3. The van der Waals surface area contributed by atoms with Crippen molar-refractivity contribution in [1.82, 2.24) is 15.5 Å². The summed E-state index contributed by atoms with van der Waals surface area (Å²) >= 11 is 0. The lowest BCUT2D eigenvalue weighted by atomic mass is 9.81. The minimum Gasteiger partial charge on any atom is -0.439 e. The maximum atomic E-state index is 14.5. The number of likely N-dealkylation sites (N-methyl/N-ethyl adjacent to an activating group) is 1. The van der Waals surface area contributed by atoms with Gasteiger partial charge >= 0.3 is 6.09 Å². The minimum absolute atomic E-state index is 0.0911. The molecule has 272 valence electrons. The molecule has 0 spiro atoms. The first-order chi connectivity index (χ1) is 23.7. The predicted molar refractivity (Wildman–Crippen MR) is 191 cm³/mol. The van der Waals surface area contributed by atoms with Gasteiger partial charge in [0, 0.05) is 44.4 Å². The summed E-state index contributed by atoms with van der Waals surface area (Å²) in [7, 11) is 6.77. The first-order valence-corrected chi connectivity index (χ1v) is 16.7. The fourth-order valence-corrected chi connectivity index (χ4v) is 6.13. The van der Waals surface area contributed by atoms with Crippen molar-refractivity contribution in [3.63, 3.8) is 0 Å². The monoisotopic (exact) mass is 692 g/mol. The Morgan fingerprint density at radius 2 is 1.74 bits per heavy atom. The number of Topliss-reactive ketones (excluding diaryl/α,β-unsaturated/α-hetero) is 2. The Bertz CT molecular complexity index is 1560. The molecule has 2 aliphatic rings. The van der Waals surface area contributed by atoms with Crippen LogP contribution in [0.2, 0.25) is 0 Å². The largest absolute Gasteiger partial charge is 0.439 e. The quantitative estimate of drug-likeness (QED) is 0.234. The van der Waals surface area contributed by atoms with Crippen molar-refractivity contribution in [3.8, 4) is 0 Å². The van der Waals surface area contributed by atoms with E-state index in [1.165, 1.54) is 20.3 Å². The van der Waals surface area contributed by atoms with E-state index in [2.05, 4.69) is 10.6 Å². The number of rotatable bonds is 8. The highest BCUT2D eigenvalue weighted by Gasteiger charge is 2.38. The van der Waals surface area contributed by atoms with Gasteiger partial charge in [0.25, 0.3) is 5.91 Å². The maximum Gasteiger partial charge on any atom is 0.405 e. The summed E-state index contributed by atoms with van der Waals surface area (Å²) in [6.07, 6.45) is 2.63. The molecule has 6 atom stereocenters. The van der Waals surface area contributed by atoms with E-state index in [9.17, 15) is 24.3 Å². The number of carbonyl (C=O) groups excluding carboxylic acids is 4. The number of aliphatic hydroxyl groups is 1. The van der Waals surface area contributed by atoms with E-state index in [-0.39, 0.29) is 40.5 Å². The van der Waals surface area contributed by atoms with Crippen LogP contribution in [-0.2, 0) is 28.6 Å². The van der Waals surface area contributed by atoms with E-state index in [4.69, 9.17) is 19.9 Å². The Labute approximate surface area is 295 Å². The normalized spacial score (nSPS) is 28.8. The third kappa shape index (κ3) is 10.3. The van der Waals surface area contributed by atoms with E-state index in [0.29, 0.717) is 30.6 Å². The molecule has 1 heterocycles. The number of hydrogen-bond donors (Lipinski definition) is 4. The molecule has 1 aromatic rings. The maximum absolute atomic E-state index is 14.5. The van der Waals surface area contributed by atoms with Gasteiger partial charge in [0.05, 0.1) is 23.5 Å². The van der Waals surface area contributed by atoms with Crippen molar-refractivity contribution in [1.29, 1.82) is 0 Å². The molecule has 0 saturated heterocycles. The number of aliphatic hydroxyl groups excluding tert-OH is 1. The smallest absolute Gasteiger partial charge is 0.405 e. The van der Waals surface area contributed by atoms with Gasteiger partial charge in [0.15, 0.2) is 6.10 Å². The average Bonchev–Trinajstić information content (AvgIpc) is 3.07. The predicted octanol–water partition coefficient (Wildman–Crippen LogP) is 3.44. The third-order valence-corrected chi connectivity index (χ3v) is 8.87. The van der Waals surface area contributed by atoms with Crippen LogP contribution < -0.4 is 16.4 Å². The zero-order valence-electron chi connectivity index (χ0n) is 30.3. The highest BCUT2D eigenvalue weighted by atomic mass is 16.6. The number of amides is 2. The van der Waals surface area contributed by atoms with Crippen LogP contribution in [0.25, 0.3) is 5.57 Å². The number of carbonyl (C=O) groups is 4. The number of ether oxygens (including phenoxy) is 3. The van der Waals surface area contributed by atoms with Crippen LogP contribution in [0, 0.1) is 11.8 Å². The van der Waals surface area contributed by atoms with Gasteiger partial charge in [-0.1, -0.05) is 68.5 Å². The van der Waals surface area contributed by atoms with E-state index >= 15 is 0 Å². The number of fused-ring (bicyclic) bond motifs is 2. The van der Waals surface area contributed by atoms with Crippen LogP contribution in [0.5, 0.6) is 0 Å². The number of hydrogen-bond acceptors (Lipinski definition) is 10. The molecule has 0 fully saturated rings. The number of benzene rings is 1. The second kappa shape index (κ2) is 18.6. The van der Waals surface area contributed by atoms with Gasteiger partial charge < -0.3 is 40.6 Å². The Morgan fingerprint density at radius 3 is 2.34 bits per heavy atom. The molecule has 5 N–H and O–H groups in total. The number of nitrogens with zero attached hydrogens (tertiary/aromatic N) is 1. The number of methoxy groups -OCH3 is 2. The summed E-state index contributed by atoms with van der Waals surface area (Å²) in [6, 6.07) is 8.77. The molecular weight excluding hydrogens is 640 g/mol. The molecular formula is C38H52N4O8. The van der Waals surface area contributed by atoms with Gasteiger partial charge in [-0.25, -0.2) is 4.79 Å². The Kier molecular flexibility index (Phi) is 14.9. The number of allylic oxidation sites excluding steroid dienone is 4. The average molecular weight is 693 g/mol. The third-order valence-electron chi connectivity index (χ3n) is 8.87. The topological polar surface area (TPSA) is 170 Å². The molecule has 0 radical (unpaired) electrons. The standard InChI is InChI=1S/C38H52N4O8/c1-22-19-27-31(40-17-18-42(5)6)35(45)30(26-14-10-9-11-15-26)32(34(27)44)41-37(46)23(2)13-12-16-28(48-7)36(50-38(39)47)25(4)21-24(3)33(43)29(20-22)49-8/h9-16,21-22,24,28-29,33,36,40,43H,17-20H2,1-8H3,(H2,39,47)(H,41,46)/b16-12-,23-13+,25-21+/t22-,24+,28+,29+,33-,36+/m1/s1. The molecule has 1 aliphatic heterocycles. The van der Waals surface area contributed by atoms with E-state index < -0.39 is 53.9 Å². The second-order valence-electron chi connectivity index (χ2n) is 13.2. The lowest BCUT2D eigenvalue weighted by Gasteiger charge is -2.30. The molecule has 50 heavy (non-hydrogen) atoms. The Morgan fingerprint density at radius 1 is 1.06 bits per heavy atom. The van der Waals surface area contributed by atoms with Crippen molar-refractivity contribution >= 4 is 29.1 Å². The van der Waals surface area contributed by atoms with Gasteiger partial charge in [-0.3, -0.25) is 14.4 Å². The van der Waals surface area contributed by atoms with Crippen LogP contribution in [-0.4, -0.2) is 99.4 Å². The van der Waals surface area contributed by atoms with Crippen molar-refractivity contribution in [2.24, 2.45) is 17.6 Å². The van der Waals surface area contributed by atoms with E-state index in [1.807, 2.05) is 32.8 Å². The van der Waals surface area contributed by atoms with Crippen LogP contribution in [0.1, 0.15) is 46.1 Å². The fraction of sp³-hybridized carbons (Fsp3) is 0.474. The van der Waals surface area contributed by atoms with Gasteiger partial charge in [-0.05, 0) is 57.8 Å². The number of ketones is 2.